The number of hydrogen-bond acceptors (Lipinski definition) is 4. The predicted molar refractivity (Wildman–Crippen MR) is 69.3 cm³/mol. The molecule has 0 aliphatic carbocycles. The van der Waals surface area contributed by atoms with E-state index in [1.54, 1.807) is 17.5 Å². The number of thiazole rings is 1. The second-order valence-corrected chi connectivity index (χ2v) is 5.01. The molecule has 0 radical (unpaired) electrons. The fourth-order valence-corrected chi connectivity index (χ4v) is 2.44. The van der Waals surface area contributed by atoms with Gasteiger partial charge in [0.2, 0.25) is 0 Å². The molecule has 1 aromatic carbocycles. The fraction of sp³-hybridized carbons (Fsp3) is 0. The number of nitrogens with one attached hydrogen (secondary N) is 1. The molecule has 0 bridgehead atoms. The summed E-state index contributed by atoms with van der Waals surface area (Å²) < 4.78 is 0.817. The highest BCUT2D eigenvalue weighted by Crippen LogP contribution is 2.29. The number of nitrogens with zero attached hydrogens (tertiary/aromatic N) is 2. The molecule has 2 aromatic rings. The summed E-state index contributed by atoms with van der Waals surface area (Å²) in [6, 6.07) is 7.37. The summed E-state index contributed by atoms with van der Waals surface area (Å²) >= 11 is 10.5. The lowest BCUT2D eigenvalue weighted by atomic mass is 10.2. The first-order chi connectivity index (χ1) is 7.69. The van der Waals surface area contributed by atoms with Gasteiger partial charge in [-0.15, -0.1) is 11.3 Å². The summed E-state index contributed by atoms with van der Waals surface area (Å²) in [5.41, 5.74) is 1.46. The van der Waals surface area contributed by atoms with Crippen LogP contribution in [0.2, 0.25) is 5.15 Å². The highest BCUT2D eigenvalue weighted by molar-refractivity contribution is 9.10. The lowest BCUT2D eigenvalue weighted by Crippen LogP contribution is -1.90. The van der Waals surface area contributed by atoms with Gasteiger partial charge in [-0.3, -0.25) is 0 Å². The zero-order chi connectivity index (χ0) is 11.5. The van der Waals surface area contributed by atoms with Gasteiger partial charge >= 0.3 is 0 Å². The largest absolute Gasteiger partial charge is 0.331 e. The van der Waals surface area contributed by atoms with Crippen LogP contribution >= 0.6 is 38.9 Å². The molecule has 0 atom stereocenters. The van der Waals surface area contributed by atoms with Crippen LogP contribution in [0.1, 0.15) is 5.56 Å². The highest BCUT2D eigenvalue weighted by Gasteiger charge is 2.04. The van der Waals surface area contributed by atoms with E-state index in [-0.39, 0.29) is 0 Å². The predicted octanol–water partition coefficient (Wildman–Crippen LogP) is 4.17. The molecule has 3 nitrogen and oxygen atoms in total. The van der Waals surface area contributed by atoms with Gasteiger partial charge in [0.15, 0.2) is 5.13 Å². The van der Waals surface area contributed by atoms with E-state index in [2.05, 4.69) is 32.3 Å². The Morgan fingerprint density at radius 1 is 1.50 bits per heavy atom. The van der Waals surface area contributed by atoms with Crippen molar-refractivity contribution in [3.63, 3.8) is 0 Å². The summed E-state index contributed by atoms with van der Waals surface area (Å²) in [5.74, 6) is 0. The topological polar surface area (TPSA) is 48.7 Å². The molecule has 0 saturated heterocycles. The Balaban J connectivity index is 2.26. The Labute approximate surface area is 110 Å². The summed E-state index contributed by atoms with van der Waals surface area (Å²) in [5, 5.41) is 14.8. The van der Waals surface area contributed by atoms with Gasteiger partial charge in [-0.1, -0.05) is 11.6 Å². The Hall–Kier alpha value is -1.09. The van der Waals surface area contributed by atoms with Crippen LogP contribution in [-0.4, -0.2) is 4.98 Å². The molecule has 2 rings (SSSR count). The second kappa shape index (κ2) is 4.83. The monoisotopic (exact) mass is 313 g/mol. The van der Waals surface area contributed by atoms with Gasteiger partial charge in [0, 0.05) is 9.85 Å². The average Bonchev–Trinajstić information content (AvgIpc) is 2.67. The van der Waals surface area contributed by atoms with Gasteiger partial charge < -0.3 is 5.32 Å². The number of benzene rings is 1. The van der Waals surface area contributed by atoms with Crippen LogP contribution in [-0.2, 0) is 0 Å². The Bertz CT molecular complexity index is 561. The van der Waals surface area contributed by atoms with Crippen molar-refractivity contribution in [2.24, 2.45) is 0 Å². The molecule has 0 fully saturated rings. The van der Waals surface area contributed by atoms with Crippen LogP contribution in [0.4, 0.5) is 10.8 Å². The minimum atomic E-state index is 0.470. The van der Waals surface area contributed by atoms with Gasteiger partial charge in [-0.05, 0) is 34.1 Å². The number of aromatic nitrogens is 1. The molecule has 1 heterocycles. The summed E-state index contributed by atoms with van der Waals surface area (Å²) in [4.78, 5) is 4.08. The molecule has 16 heavy (non-hydrogen) atoms. The molecule has 0 spiro atoms. The van der Waals surface area contributed by atoms with Crippen LogP contribution in [0.15, 0.2) is 28.1 Å². The number of anilines is 2. The molecule has 6 heteroatoms. The van der Waals surface area contributed by atoms with E-state index in [0.29, 0.717) is 10.7 Å². The van der Waals surface area contributed by atoms with E-state index in [4.69, 9.17) is 16.9 Å². The van der Waals surface area contributed by atoms with Crippen molar-refractivity contribution in [1.82, 2.24) is 4.98 Å². The number of hydrogen-bond donors (Lipinski definition) is 1. The van der Waals surface area contributed by atoms with Crippen LogP contribution in [0.25, 0.3) is 0 Å². The first kappa shape index (κ1) is 11.4. The van der Waals surface area contributed by atoms with Crippen molar-refractivity contribution in [3.8, 4) is 6.07 Å². The van der Waals surface area contributed by atoms with E-state index < -0.39 is 0 Å². The third-order valence-corrected chi connectivity index (χ3v) is 3.55. The standard InChI is InChI=1S/C10H5BrClN3S/c11-7-3-6(4-13)1-2-8(7)14-10-15-9(12)5-16-10/h1-3,5H,(H,14,15). The van der Waals surface area contributed by atoms with Crippen LogP contribution in [0.3, 0.4) is 0 Å². The number of nitriles is 1. The summed E-state index contributed by atoms with van der Waals surface area (Å²) in [7, 11) is 0. The van der Waals surface area contributed by atoms with Crippen LogP contribution < -0.4 is 5.32 Å². The van der Waals surface area contributed by atoms with E-state index in [1.807, 2.05) is 6.07 Å². The van der Waals surface area contributed by atoms with Crippen molar-refractivity contribution >= 4 is 49.7 Å². The summed E-state index contributed by atoms with van der Waals surface area (Å²) in [6.45, 7) is 0. The maximum Gasteiger partial charge on any atom is 0.188 e. The van der Waals surface area contributed by atoms with Gasteiger partial charge in [0.25, 0.3) is 0 Å². The van der Waals surface area contributed by atoms with Gasteiger partial charge in [0.1, 0.15) is 5.15 Å². The Kier molecular flexibility index (Phi) is 3.44. The van der Waals surface area contributed by atoms with E-state index in [0.717, 1.165) is 15.3 Å². The molecule has 1 aromatic heterocycles. The smallest absolute Gasteiger partial charge is 0.188 e. The third-order valence-electron chi connectivity index (χ3n) is 1.82. The molecule has 0 amide bonds. The van der Waals surface area contributed by atoms with Crippen LogP contribution in [0, 0.1) is 11.3 Å². The van der Waals surface area contributed by atoms with Gasteiger partial charge in [-0.2, -0.15) is 5.26 Å². The molecule has 80 valence electrons. The van der Waals surface area contributed by atoms with Crippen molar-refractivity contribution in [3.05, 3.63) is 38.8 Å². The first-order valence-corrected chi connectivity index (χ1v) is 6.32. The molecule has 0 aliphatic heterocycles. The quantitative estimate of drug-likeness (QED) is 0.905. The molecular formula is C10H5BrClN3S. The van der Waals surface area contributed by atoms with Crippen molar-refractivity contribution in [2.45, 2.75) is 0 Å². The first-order valence-electron chi connectivity index (χ1n) is 4.27. The van der Waals surface area contributed by atoms with Crippen molar-refractivity contribution < 1.29 is 0 Å². The zero-order valence-corrected chi connectivity index (χ0v) is 11.0. The molecule has 1 N–H and O–H groups in total. The SMILES string of the molecule is N#Cc1ccc(Nc2nc(Cl)cs2)c(Br)c1. The lowest BCUT2D eigenvalue weighted by molar-refractivity contribution is 1.38. The Morgan fingerprint density at radius 3 is 2.88 bits per heavy atom. The van der Waals surface area contributed by atoms with Crippen molar-refractivity contribution in [2.75, 3.05) is 5.32 Å². The molecule has 0 unspecified atom stereocenters. The van der Waals surface area contributed by atoms with E-state index in [1.165, 1.54) is 11.3 Å². The third kappa shape index (κ3) is 2.53. The van der Waals surface area contributed by atoms with Gasteiger partial charge in [-0.25, -0.2) is 4.98 Å². The molecule has 0 saturated carbocycles. The number of rotatable bonds is 2. The maximum absolute atomic E-state index is 8.73. The van der Waals surface area contributed by atoms with E-state index in [9.17, 15) is 0 Å². The fourth-order valence-electron chi connectivity index (χ4n) is 1.11. The normalized spacial score (nSPS) is 9.81. The highest BCUT2D eigenvalue weighted by atomic mass is 79.9. The lowest BCUT2D eigenvalue weighted by Gasteiger charge is -2.04. The molecular weight excluding hydrogens is 310 g/mol. The maximum atomic E-state index is 8.73. The second-order valence-electron chi connectivity index (χ2n) is 2.91. The molecule has 0 aliphatic rings. The number of halogens is 2. The Morgan fingerprint density at radius 2 is 2.31 bits per heavy atom. The van der Waals surface area contributed by atoms with Gasteiger partial charge in [0.05, 0.1) is 17.3 Å². The van der Waals surface area contributed by atoms with Crippen LogP contribution in [0.5, 0.6) is 0 Å². The van der Waals surface area contributed by atoms with Crippen molar-refractivity contribution in [1.29, 1.82) is 5.26 Å². The van der Waals surface area contributed by atoms with E-state index >= 15 is 0 Å². The average molecular weight is 315 g/mol. The zero-order valence-electron chi connectivity index (χ0n) is 7.87. The summed E-state index contributed by atoms with van der Waals surface area (Å²) in [6.07, 6.45) is 0. The minimum absolute atomic E-state index is 0.470. The minimum Gasteiger partial charge on any atom is -0.331 e.